The van der Waals surface area contributed by atoms with Crippen LogP contribution < -0.4 is 5.32 Å². The molecule has 0 spiro atoms. The molecule has 1 amide bonds. The van der Waals surface area contributed by atoms with Gasteiger partial charge in [0, 0.05) is 17.3 Å². The van der Waals surface area contributed by atoms with Crippen molar-refractivity contribution in [2.24, 2.45) is 5.92 Å². The number of alkyl halides is 2. The number of ether oxygens (including phenoxy) is 1. The number of carbonyl (C=O) groups is 1. The van der Waals surface area contributed by atoms with E-state index in [1.807, 2.05) is 0 Å². The van der Waals surface area contributed by atoms with Gasteiger partial charge < -0.3 is 10.1 Å². The molecule has 0 aromatic carbocycles. The molecule has 2 atom stereocenters. The molecule has 1 saturated heterocycles. The van der Waals surface area contributed by atoms with Gasteiger partial charge in [-0.3, -0.25) is 4.79 Å². The molecule has 1 aliphatic heterocycles. The number of amides is 1. The molecule has 1 rings (SSSR count). The van der Waals surface area contributed by atoms with Gasteiger partial charge in [-0.15, -0.1) is 0 Å². The molecule has 94 valence electrons. The molecule has 2 unspecified atom stereocenters. The third-order valence-corrected chi connectivity index (χ3v) is 5.37. The van der Waals surface area contributed by atoms with E-state index in [1.165, 1.54) is 0 Å². The highest BCUT2D eigenvalue weighted by atomic mass is 79.9. The average molecular weight is 357 g/mol. The predicted molar refractivity (Wildman–Crippen MR) is 72.3 cm³/mol. The Bertz CT molecular complexity index is 236. The maximum atomic E-state index is 12.1. The summed E-state index contributed by atoms with van der Waals surface area (Å²) in [7, 11) is 0. The van der Waals surface area contributed by atoms with E-state index in [9.17, 15) is 4.79 Å². The van der Waals surface area contributed by atoms with E-state index in [0.29, 0.717) is 12.5 Å². The Kier molecular flexibility index (Phi) is 5.74. The first-order valence-electron chi connectivity index (χ1n) is 5.64. The van der Waals surface area contributed by atoms with Gasteiger partial charge in [-0.05, 0) is 18.8 Å². The maximum absolute atomic E-state index is 12.1. The summed E-state index contributed by atoms with van der Waals surface area (Å²) in [5.41, 5.74) is -0.206. The van der Waals surface area contributed by atoms with Crippen LogP contribution in [0.5, 0.6) is 0 Å². The minimum Gasteiger partial charge on any atom is -0.368 e. The van der Waals surface area contributed by atoms with Gasteiger partial charge in [-0.25, -0.2) is 0 Å². The van der Waals surface area contributed by atoms with Crippen LogP contribution in [0, 0.1) is 5.92 Å². The third kappa shape index (κ3) is 3.20. The molecule has 1 aliphatic rings. The first-order valence-corrected chi connectivity index (χ1v) is 7.88. The molecule has 0 aromatic rings. The van der Waals surface area contributed by atoms with Crippen molar-refractivity contribution < 1.29 is 9.53 Å². The summed E-state index contributed by atoms with van der Waals surface area (Å²) in [4.78, 5) is 12.1. The van der Waals surface area contributed by atoms with Gasteiger partial charge in [0.25, 0.3) is 0 Å². The maximum Gasteiger partial charge on any atom is 0.249 e. The monoisotopic (exact) mass is 355 g/mol. The Morgan fingerprint density at radius 1 is 1.50 bits per heavy atom. The molecule has 0 aromatic heterocycles. The summed E-state index contributed by atoms with van der Waals surface area (Å²) >= 11 is 6.92. The molecule has 0 bridgehead atoms. The zero-order valence-corrected chi connectivity index (χ0v) is 12.9. The smallest absolute Gasteiger partial charge is 0.249 e. The summed E-state index contributed by atoms with van der Waals surface area (Å²) in [5.74, 6) is 0.339. The minimum atomic E-state index is -0.274. The lowest BCUT2D eigenvalue weighted by Crippen LogP contribution is -2.54. The van der Waals surface area contributed by atoms with Gasteiger partial charge >= 0.3 is 0 Å². The second-order valence-electron chi connectivity index (χ2n) is 4.45. The first-order chi connectivity index (χ1) is 7.58. The standard InChI is InChI=1S/C11H19Br2NO2/c1-3-11(6-12,7-13)14-10(15)9-8(2)4-5-16-9/h8-9H,3-7H2,1-2H3,(H,14,15). The topological polar surface area (TPSA) is 38.3 Å². The summed E-state index contributed by atoms with van der Waals surface area (Å²) in [6, 6.07) is 0. The van der Waals surface area contributed by atoms with Gasteiger partial charge in [-0.2, -0.15) is 0 Å². The van der Waals surface area contributed by atoms with E-state index in [0.717, 1.165) is 23.5 Å². The van der Waals surface area contributed by atoms with E-state index in [1.54, 1.807) is 0 Å². The molecule has 16 heavy (non-hydrogen) atoms. The van der Waals surface area contributed by atoms with Crippen LogP contribution in [-0.4, -0.2) is 34.8 Å². The van der Waals surface area contributed by atoms with Gasteiger partial charge in [-0.1, -0.05) is 45.7 Å². The van der Waals surface area contributed by atoms with Crippen LogP contribution in [0.4, 0.5) is 0 Å². The fourth-order valence-electron chi connectivity index (χ4n) is 1.74. The molecule has 0 saturated carbocycles. The largest absolute Gasteiger partial charge is 0.368 e. The molecule has 0 aliphatic carbocycles. The number of nitrogens with one attached hydrogen (secondary N) is 1. The van der Waals surface area contributed by atoms with Crippen LogP contribution in [0.2, 0.25) is 0 Å². The summed E-state index contributed by atoms with van der Waals surface area (Å²) in [6.07, 6.45) is 1.58. The summed E-state index contributed by atoms with van der Waals surface area (Å²) in [5, 5.41) is 4.58. The molecule has 1 N–H and O–H groups in total. The lowest BCUT2D eigenvalue weighted by Gasteiger charge is -2.31. The Labute approximate surface area is 114 Å². The van der Waals surface area contributed by atoms with Crippen molar-refractivity contribution in [3.05, 3.63) is 0 Å². The Hall–Kier alpha value is 0.390. The van der Waals surface area contributed by atoms with Gasteiger partial charge in [0.1, 0.15) is 6.10 Å². The lowest BCUT2D eigenvalue weighted by atomic mass is 9.99. The van der Waals surface area contributed by atoms with Crippen molar-refractivity contribution in [1.82, 2.24) is 5.32 Å². The highest BCUT2D eigenvalue weighted by Crippen LogP contribution is 2.23. The number of halogens is 2. The van der Waals surface area contributed by atoms with Crippen molar-refractivity contribution in [2.45, 2.75) is 38.3 Å². The van der Waals surface area contributed by atoms with E-state index in [2.05, 4.69) is 51.0 Å². The summed E-state index contributed by atoms with van der Waals surface area (Å²) in [6.45, 7) is 4.83. The molecular weight excluding hydrogens is 338 g/mol. The average Bonchev–Trinajstić information content (AvgIpc) is 2.72. The third-order valence-electron chi connectivity index (χ3n) is 3.22. The molecule has 5 heteroatoms. The van der Waals surface area contributed by atoms with Gasteiger partial charge in [0.05, 0.1) is 5.54 Å². The van der Waals surface area contributed by atoms with E-state index in [4.69, 9.17) is 4.74 Å². The van der Waals surface area contributed by atoms with Crippen LogP contribution in [0.3, 0.4) is 0 Å². The normalized spacial score (nSPS) is 25.8. The predicted octanol–water partition coefficient (Wildman–Crippen LogP) is 2.47. The first kappa shape index (κ1) is 14.5. The zero-order valence-electron chi connectivity index (χ0n) is 9.76. The number of hydrogen-bond donors (Lipinski definition) is 1. The van der Waals surface area contributed by atoms with Crippen molar-refractivity contribution in [1.29, 1.82) is 0 Å². The zero-order chi connectivity index (χ0) is 12.2. The van der Waals surface area contributed by atoms with E-state index >= 15 is 0 Å². The fraction of sp³-hybridized carbons (Fsp3) is 0.909. The van der Waals surface area contributed by atoms with Crippen molar-refractivity contribution in [2.75, 3.05) is 17.3 Å². The van der Waals surface area contributed by atoms with Gasteiger partial charge in [0.2, 0.25) is 5.91 Å². The van der Waals surface area contributed by atoms with Crippen molar-refractivity contribution in [3.8, 4) is 0 Å². The fourth-order valence-corrected chi connectivity index (χ4v) is 3.74. The quantitative estimate of drug-likeness (QED) is 0.768. The number of rotatable bonds is 5. The molecule has 0 radical (unpaired) electrons. The Morgan fingerprint density at radius 3 is 2.50 bits per heavy atom. The molecular formula is C11H19Br2NO2. The molecule has 3 nitrogen and oxygen atoms in total. The van der Waals surface area contributed by atoms with Crippen LogP contribution in [0.1, 0.15) is 26.7 Å². The van der Waals surface area contributed by atoms with Gasteiger partial charge in [0.15, 0.2) is 0 Å². The van der Waals surface area contributed by atoms with Crippen molar-refractivity contribution >= 4 is 37.8 Å². The van der Waals surface area contributed by atoms with Crippen molar-refractivity contribution in [3.63, 3.8) is 0 Å². The molecule has 1 heterocycles. The lowest BCUT2D eigenvalue weighted by molar-refractivity contribution is -0.133. The highest BCUT2D eigenvalue weighted by molar-refractivity contribution is 9.09. The highest BCUT2D eigenvalue weighted by Gasteiger charge is 2.35. The second kappa shape index (κ2) is 6.36. The van der Waals surface area contributed by atoms with Crippen LogP contribution >= 0.6 is 31.9 Å². The number of hydrogen-bond acceptors (Lipinski definition) is 2. The van der Waals surface area contributed by atoms with Crippen LogP contribution in [0.25, 0.3) is 0 Å². The van der Waals surface area contributed by atoms with E-state index < -0.39 is 0 Å². The van der Waals surface area contributed by atoms with Crippen LogP contribution in [-0.2, 0) is 9.53 Å². The Balaban J connectivity index is 2.61. The minimum absolute atomic E-state index is 0.0192. The molecule has 1 fully saturated rings. The Morgan fingerprint density at radius 2 is 2.12 bits per heavy atom. The second-order valence-corrected chi connectivity index (χ2v) is 5.57. The number of carbonyl (C=O) groups excluding carboxylic acids is 1. The van der Waals surface area contributed by atoms with Crippen LogP contribution in [0.15, 0.2) is 0 Å². The SMILES string of the molecule is CCC(CBr)(CBr)NC(=O)C1OCCC1C. The summed E-state index contributed by atoms with van der Waals surface area (Å²) < 4.78 is 5.46. The van der Waals surface area contributed by atoms with E-state index in [-0.39, 0.29) is 17.6 Å².